The van der Waals surface area contributed by atoms with E-state index in [1.54, 1.807) is 18.2 Å². The minimum absolute atomic E-state index is 0.142. The Kier molecular flexibility index (Phi) is 5.00. The summed E-state index contributed by atoms with van der Waals surface area (Å²) in [5.74, 6) is -0.433. The molecular formula is C16H15N3O3. The van der Waals surface area contributed by atoms with Crippen LogP contribution in [0.25, 0.3) is 6.08 Å². The highest BCUT2D eigenvalue weighted by atomic mass is 16.6. The zero-order chi connectivity index (χ0) is 15.9. The van der Waals surface area contributed by atoms with E-state index in [-0.39, 0.29) is 11.4 Å². The fraction of sp³-hybridized carbons (Fsp3) is 0.0625. The second-order valence-corrected chi connectivity index (χ2v) is 4.54. The summed E-state index contributed by atoms with van der Waals surface area (Å²) in [7, 11) is 0. The molecule has 0 aliphatic heterocycles. The van der Waals surface area contributed by atoms with Gasteiger partial charge in [0.05, 0.1) is 4.92 Å². The molecule has 0 saturated heterocycles. The Labute approximate surface area is 127 Å². The zero-order valence-corrected chi connectivity index (χ0v) is 11.7. The molecule has 0 fully saturated rings. The molecule has 0 aliphatic rings. The Morgan fingerprint density at radius 2 is 1.86 bits per heavy atom. The van der Waals surface area contributed by atoms with E-state index in [9.17, 15) is 14.9 Å². The highest BCUT2D eigenvalue weighted by molar-refractivity contribution is 6.03. The Bertz CT molecular complexity index is 709. The largest absolute Gasteiger partial charge is 0.326 e. The quantitative estimate of drug-likeness (QED) is 0.503. The first-order chi connectivity index (χ1) is 10.6. The van der Waals surface area contributed by atoms with Gasteiger partial charge in [-0.05, 0) is 23.3 Å². The first-order valence-corrected chi connectivity index (χ1v) is 6.61. The summed E-state index contributed by atoms with van der Waals surface area (Å²) in [5, 5.41) is 13.4. The van der Waals surface area contributed by atoms with Crippen LogP contribution >= 0.6 is 0 Å². The van der Waals surface area contributed by atoms with Gasteiger partial charge in [0.2, 0.25) is 5.91 Å². The predicted octanol–water partition coefficient (Wildman–Crippen LogP) is 2.71. The number of para-hydroxylation sites is 2. The topological polar surface area (TPSA) is 98.3 Å². The van der Waals surface area contributed by atoms with Crippen molar-refractivity contribution < 1.29 is 9.72 Å². The Hall–Kier alpha value is -2.99. The zero-order valence-electron chi connectivity index (χ0n) is 11.7. The van der Waals surface area contributed by atoms with Crippen LogP contribution in [0.15, 0.2) is 54.6 Å². The minimum atomic E-state index is -0.537. The van der Waals surface area contributed by atoms with Crippen LogP contribution in [0.4, 0.5) is 11.4 Å². The van der Waals surface area contributed by atoms with E-state index in [1.165, 1.54) is 18.2 Å². The van der Waals surface area contributed by atoms with Crippen molar-refractivity contribution in [3.8, 4) is 0 Å². The lowest BCUT2D eigenvalue weighted by molar-refractivity contribution is -0.383. The third-order valence-electron chi connectivity index (χ3n) is 3.00. The molecule has 112 valence electrons. The molecule has 0 saturated carbocycles. The fourth-order valence-electron chi connectivity index (χ4n) is 1.85. The molecule has 2 rings (SSSR count). The van der Waals surface area contributed by atoms with Crippen molar-refractivity contribution in [1.29, 1.82) is 0 Å². The third-order valence-corrected chi connectivity index (χ3v) is 3.00. The van der Waals surface area contributed by atoms with Crippen molar-refractivity contribution in [2.75, 3.05) is 5.32 Å². The standard InChI is InChI=1S/C16H15N3O3/c17-11-13-7-5-12(6-8-13)9-10-16(20)18-14-3-1-2-4-15(14)19(21)22/h1-10H,11,17H2,(H,18,20)/b10-9+. The van der Waals surface area contributed by atoms with Gasteiger partial charge in [0.1, 0.15) is 5.69 Å². The second-order valence-electron chi connectivity index (χ2n) is 4.54. The van der Waals surface area contributed by atoms with Gasteiger partial charge in [-0.1, -0.05) is 36.4 Å². The number of nitrogens with zero attached hydrogens (tertiary/aromatic N) is 1. The minimum Gasteiger partial charge on any atom is -0.326 e. The third kappa shape index (κ3) is 4.00. The number of nitrogens with one attached hydrogen (secondary N) is 1. The molecule has 0 unspecified atom stereocenters. The van der Waals surface area contributed by atoms with Gasteiger partial charge in [-0.25, -0.2) is 0 Å². The van der Waals surface area contributed by atoms with Crippen LogP contribution in [0.5, 0.6) is 0 Å². The summed E-state index contributed by atoms with van der Waals surface area (Å²) >= 11 is 0. The van der Waals surface area contributed by atoms with Gasteiger partial charge in [-0.15, -0.1) is 0 Å². The summed E-state index contributed by atoms with van der Waals surface area (Å²) in [6.07, 6.45) is 2.96. The van der Waals surface area contributed by atoms with E-state index in [2.05, 4.69) is 5.32 Å². The number of carbonyl (C=O) groups is 1. The molecule has 6 nitrogen and oxygen atoms in total. The molecule has 0 heterocycles. The molecular weight excluding hydrogens is 282 g/mol. The molecule has 0 aromatic heterocycles. The van der Waals surface area contributed by atoms with Crippen LogP contribution in [0.1, 0.15) is 11.1 Å². The smallest absolute Gasteiger partial charge is 0.292 e. The summed E-state index contributed by atoms with van der Waals surface area (Å²) in [6.45, 7) is 0.460. The molecule has 6 heteroatoms. The summed E-state index contributed by atoms with van der Waals surface area (Å²) in [4.78, 5) is 22.2. The average Bonchev–Trinajstić information content (AvgIpc) is 2.53. The van der Waals surface area contributed by atoms with E-state index >= 15 is 0 Å². The van der Waals surface area contributed by atoms with Gasteiger partial charge in [0.25, 0.3) is 5.69 Å². The molecule has 2 aromatic carbocycles. The molecule has 22 heavy (non-hydrogen) atoms. The maximum absolute atomic E-state index is 11.8. The first-order valence-electron chi connectivity index (χ1n) is 6.61. The highest BCUT2D eigenvalue weighted by Crippen LogP contribution is 2.23. The van der Waals surface area contributed by atoms with Crippen molar-refractivity contribution in [3.05, 3.63) is 75.8 Å². The van der Waals surface area contributed by atoms with E-state index in [1.807, 2.05) is 24.3 Å². The monoisotopic (exact) mass is 297 g/mol. The number of hydrogen-bond acceptors (Lipinski definition) is 4. The summed E-state index contributed by atoms with van der Waals surface area (Å²) in [5.41, 5.74) is 7.38. The van der Waals surface area contributed by atoms with Crippen LogP contribution in [0.3, 0.4) is 0 Å². The van der Waals surface area contributed by atoms with Crippen molar-refractivity contribution in [3.63, 3.8) is 0 Å². The van der Waals surface area contributed by atoms with E-state index in [4.69, 9.17) is 5.73 Å². The molecule has 3 N–H and O–H groups in total. The van der Waals surface area contributed by atoms with Crippen molar-refractivity contribution in [1.82, 2.24) is 0 Å². The number of hydrogen-bond donors (Lipinski definition) is 2. The van der Waals surface area contributed by atoms with Gasteiger partial charge in [0, 0.05) is 18.7 Å². The Balaban J connectivity index is 2.06. The van der Waals surface area contributed by atoms with Crippen LogP contribution in [-0.2, 0) is 11.3 Å². The van der Waals surface area contributed by atoms with Gasteiger partial charge >= 0.3 is 0 Å². The molecule has 0 radical (unpaired) electrons. The number of nitrogens with two attached hydrogens (primary N) is 1. The van der Waals surface area contributed by atoms with Crippen molar-refractivity contribution in [2.45, 2.75) is 6.54 Å². The molecule has 1 amide bonds. The maximum Gasteiger partial charge on any atom is 0.292 e. The number of rotatable bonds is 5. The summed E-state index contributed by atoms with van der Waals surface area (Å²) in [6, 6.07) is 13.4. The number of carbonyl (C=O) groups excluding carboxylic acids is 1. The first kappa shape index (κ1) is 15.4. The Morgan fingerprint density at radius 1 is 1.18 bits per heavy atom. The van der Waals surface area contributed by atoms with Crippen LogP contribution in [0.2, 0.25) is 0 Å². The molecule has 2 aromatic rings. The predicted molar refractivity (Wildman–Crippen MR) is 85.1 cm³/mol. The van der Waals surface area contributed by atoms with Crippen LogP contribution < -0.4 is 11.1 Å². The van der Waals surface area contributed by atoms with Crippen LogP contribution in [-0.4, -0.2) is 10.8 Å². The number of nitro groups is 1. The fourth-order valence-corrected chi connectivity index (χ4v) is 1.85. The van der Waals surface area contributed by atoms with Gasteiger partial charge in [-0.3, -0.25) is 14.9 Å². The molecule has 0 spiro atoms. The molecule has 0 atom stereocenters. The average molecular weight is 297 g/mol. The highest BCUT2D eigenvalue weighted by Gasteiger charge is 2.13. The van der Waals surface area contributed by atoms with Crippen molar-refractivity contribution in [2.24, 2.45) is 5.73 Å². The van der Waals surface area contributed by atoms with Crippen LogP contribution in [0, 0.1) is 10.1 Å². The Morgan fingerprint density at radius 3 is 2.50 bits per heavy atom. The second kappa shape index (κ2) is 7.14. The SMILES string of the molecule is NCc1ccc(/C=C/C(=O)Nc2ccccc2[N+](=O)[O-])cc1. The lowest BCUT2D eigenvalue weighted by Crippen LogP contribution is -2.09. The number of anilines is 1. The van der Waals surface area contributed by atoms with Gasteiger partial charge in [0.15, 0.2) is 0 Å². The molecule has 0 aliphatic carbocycles. The maximum atomic E-state index is 11.8. The van der Waals surface area contributed by atoms with E-state index in [0.717, 1.165) is 11.1 Å². The number of nitro benzene ring substituents is 1. The summed E-state index contributed by atoms with van der Waals surface area (Å²) < 4.78 is 0. The lowest BCUT2D eigenvalue weighted by Gasteiger charge is -2.03. The number of benzene rings is 2. The van der Waals surface area contributed by atoms with Gasteiger partial charge in [-0.2, -0.15) is 0 Å². The van der Waals surface area contributed by atoms with E-state index in [0.29, 0.717) is 6.54 Å². The van der Waals surface area contributed by atoms with Gasteiger partial charge < -0.3 is 11.1 Å². The lowest BCUT2D eigenvalue weighted by atomic mass is 10.1. The van der Waals surface area contributed by atoms with Crippen molar-refractivity contribution >= 4 is 23.4 Å². The normalized spacial score (nSPS) is 10.6. The molecule has 0 bridgehead atoms. The number of amides is 1. The van der Waals surface area contributed by atoms with E-state index < -0.39 is 10.8 Å².